The van der Waals surface area contributed by atoms with E-state index in [9.17, 15) is 4.79 Å². The van der Waals surface area contributed by atoms with E-state index in [4.69, 9.17) is 14.2 Å². The number of carbonyl (C=O) groups is 1. The summed E-state index contributed by atoms with van der Waals surface area (Å²) in [5.41, 5.74) is -0.791. The van der Waals surface area contributed by atoms with Crippen molar-refractivity contribution in [1.29, 1.82) is 0 Å². The molecule has 16 heavy (non-hydrogen) atoms. The molecule has 0 aromatic carbocycles. The maximum Gasteiger partial charge on any atom is 0.254 e. The lowest BCUT2D eigenvalue weighted by Gasteiger charge is -2.27. The summed E-state index contributed by atoms with van der Waals surface area (Å²) in [6, 6.07) is 0. The fourth-order valence-electron chi connectivity index (χ4n) is 1.83. The van der Waals surface area contributed by atoms with Crippen LogP contribution in [0.15, 0.2) is 0 Å². The van der Waals surface area contributed by atoms with Gasteiger partial charge in [0.05, 0.1) is 0 Å². The number of carbonyl (C=O) groups excluding carboxylic acids is 1. The number of rotatable bonds is 4. The van der Waals surface area contributed by atoms with Crippen LogP contribution in [-0.4, -0.2) is 63.0 Å². The molecule has 0 N–H and O–H groups in total. The Morgan fingerprint density at radius 2 is 1.56 bits per heavy atom. The normalized spacial score (nSPS) is 26.2. The Morgan fingerprint density at radius 1 is 1.12 bits per heavy atom. The first-order valence-corrected chi connectivity index (χ1v) is 5.36. The van der Waals surface area contributed by atoms with Crippen LogP contribution in [0.5, 0.6) is 0 Å². The minimum Gasteiger partial charge on any atom is -0.377 e. The summed E-state index contributed by atoms with van der Waals surface area (Å²) in [7, 11) is 4.80. The molecule has 1 saturated heterocycles. The van der Waals surface area contributed by atoms with Crippen molar-refractivity contribution in [1.82, 2.24) is 4.90 Å². The minimum absolute atomic E-state index is 0.0309. The van der Waals surface area contributed by atoms with E-state index in [1.165, 1.54) is 7.11 Å². The van der Waals surface area contributed by atoms with E-state index < -0.39 is 5.60 Å². The summed E-state index contributed by atoms with van der Waals surface area (Å²) in [5, 5.41) is 0. The largest absolute Gasteiger partial charge is 0.377 e. The van der Waals surface area contributed by atoms with Crippen molar-refractivity contribution in [2.75, 3.05) is 34.4 Å². The highest BCUT2D eigenvalue weighted by atomic mass is 16.5. The van der Waals surface area contributed by atoms with Gasteiger partial charge in [-0.15, -0.1) is 0 Å². The zero-order valence-corrected chi connectivity index (χ0v) is 10.6. The van der Waals surface area contributed by atoms with Gasteiger partial charge >= 0.3 is 0 Å². The van der Waals surface area contributed by atoms with Gasteiger partial charge in [0.2, 0.25) is 0 Å². The van der Waals surface area contributed by atoms with Crippen molar-refractivity contribution >= 4 is 5.91 Å². The van der Waals surface area contributed by atoms with Crippen molar-refractivity contribution in [2.24, 2.45) is 0 Å². The molecule has 1 rings (SSSR count). The predicted molar refractivity (Wildman–Crippen MR) is 59.3 cm³/mol. The van der Waals surface area contributed by atoms with Crippen LogP contribution in [0, 0.1) is 0 Å². The lowest BCUT2D eigenvalue weighted by Crippen LogP contribution is -2.45. The fourth-order valence-corrected chi connectivity index (χ4v) is 1.83. The summed E-state index contributed by atoms with van der Waals surface area (Å²) in [6.45, 7) is 4.63. The van der Waals surface area contributed by atoms with Gasteiger partial charge in [0, 0.05) is 34.4 Å². The molecule has 0 radical (unpaired) electrons. The van der Waals surface area contributed by atoms with E-state index in [1.807, 2.05) is 0 Å². The van der Waals surface area contributed by atoms with Gasteiger partial charge in [-0.25, -0.2) is 0 Å². The van der Waals surface area contributed by atoms with Crippen molar-refractivity contribution in [3.05, 3.63) is 0 Å². The van der Waals surface area contributed by atoms with Gasteiger partial charge in [0.25, 0.3) is 5.91 Å². The first-order valence-electron chi connectivity index (χ1n) is 5.36. The predicted octanol–water partition coefficient (Wildman–Crippen LogP) is 0.284. The molecule has 94 valence electrons. The number of hydrogen-bond donors (Lipinski definition) is 0. The van der Waals surface area contributed by atoms with Crippen molar-refractivity contribution in [3.63, 3.8) is 0 Å². The molecule has 0 aromatic heterocycles. The summed E-state index contributed by atoms with van der Waals surface area (Å²) in [6.07, 6.45) is -0.108. The minimum atomic E-state index is -0.791. The Morgan fingerprint density at radius 3 is 1.88 bits per heavy atom. The molecule has 0 aliphatic carbocycles. The molecular weight excluding hydrogens is 210 g/mol. The van der Waals surface area contributed by atoms with Gasteiger partial charge in [-0.2, -0.15) is 0 Å². The summed E-state index contributed by atoms with van der Waals surface area (Å²) >= 11 is 0. The van der Waals surface area contributed by atoms with E-state index in [0.29, 0.717) is 13.1 Å². The monoisotopic (exact) mass is 231 g/mol. The number of likely N-dealkylation sites (tertiary alicyclic amines) is 1. The van der Waals surface area contributed by atoms with E-state index >= 15 is 0 Å². The molecule has 1 aliphatic heterocycles. The molecule has 0 spiro atoms. The molecule has 5 nitrogen and oxygen atoms in total. The van der Waals surface area contributed by atoms with Crippen LogP contribution in [-0.2, 0) is 19.0 Å². The highest BCUT2D eigenvalue weighted by Crippen LogP contribution is 2.20. The number of ether oxygens (including phenoxy) is 3. The zero-order valence-electron chi connectivity index (χ0n) is 10.6. The molecule has 5 heteroatoms. The topological polar surface area (TPSA) is 48.0 Å². The maximum absolute atomic E-state index is 12.1. The lowest BCUT2D eigenvalue weighted by molar-refractivity contribution is -0.150. The van der Waals surface area contributed by atoms with Crippen LogP contribution in [0.3, 0.4) is 0 Å². The van der Waals surface area contributed by atoms with Crippen LogP contribution in [0.1, 0.15) is 13.8 Å². The standard InChI is InChI=1S/C11H21NO4/c1-11(2,16-5)10(13)12-6-8(14-3)9(7-12)15-4/h8-9H,6-7H2,1-5H3. The fraction of sp³-hybridized carbons (Fsp3) is 0.909. The summed E-state index contributed by atoms with van der Waals surface area (Å²) in [4.78, 5) is 13.8. The number of nitrogens with zero attached hydrogens (tertiary/aromatic N) is 1. The number of amides is 1. The van der Waals surface area contributed by atoms with E-state index in [-0.39, 0.29) is 18.1 Å². The molecule has 0 bridgehead atoms. The highest BCUT2D eigenvalue weighted by molar-refractivity contribution is 5.84. The van der Waals surface area contributed by atoms with Gasteiger partial charge in [-0.1, -0.05) is 0 Å². The van der Waals surface area contributed by atoms with Crippen LogP contribution in [0.4, 0.5) is 0 Å². The van der Waals surface area contributed by atoms with Crippen LogP contribution < -0.4 is 0 Å². The van der Waals surface area contributed by atoms with Gasteiger partial charge < -0.3 is 19.1 Å². The van der Waals surface area contributed by atoms with Crippen LogP contribution in [0.2, 0.25) is 0 Å². The van der Waals surface area contributed by atoms with Gasteiger partial charge in [0.1, 0.15) is 17.8 Å². The Kier molecular flexibility index (Phi) is 4.29. The average Bonchev–Trinajstić information content (AvgIpc) is 2.70. The molecule has 2 unspecified atom stereocenters. The molecule has 1 amide bonds. The number of hydrogen-bond acceptors (Lipinski definition) is 4. The van der Waals surface area contributed by atoms with E-state index in [0.717, 1.165) is 0 Å². The smallest absolute Gasteiger partial charge is 0.254 e. The lowest BCUT2D eigenvalue weighted by atomic mass is 10.1. The first-order chi connectivity index (χ1) is 7.46. The SMILES string of the molecule is COC1CN(C(=O)C(C)(C)OC)CC1OC. The molecular formula is C11H21NO4. The molecule has 0 aromatic rings. The summed E-state index contributed by atoms with van der Waals surface area (Å²) in [5.74, 6) is -0.0309. The average molecular weight is 231 g/mol. The third kappa shape index (κ3) is 2.53. The second-order valence-electron chi connectivity index (χ2n) is 4.47. The van der Waals surface area contributed by atoms with E-state index in [2.05, 4.69) is 0 Å². The van der Waals surface area contributed by atoms with Crippen LogP contribution in [0.25, 0.3) is 0 Å². The van der Waals surface area contributed by atoms with Gasteiger partial charge in [-0.05, 0) is 13.8 Å². The molecule has 2 atom stereocenters. The summed E-state index contributed by atoms with van der Waals surface area (Å²) < 4.78 is 15.7. The molecule has 1 heterocycles. The second kappa shape index (κ2) is 5.12. The molecule has 1 aliphatic rings. The molecule has 1 fully saturated rings. The zero-order chi connectivity index (χ0) is 12.3. The first kappa shape index (κ1) is 13.4. The molecule has 0 saturated carbocycles. The van der Waals surface area contributed by atoms with Crippen molar-refractivity contribution < 1.29 is 19.0 Å². The van der Waals surface area contributed by atoms with Crippen LogP contribution >= 0.6 is 0 Å². The number of methoxy groups -OCH3 is 3. The Bertz CT molecular complexity index is 242. The maximum atomic E-state index is 12.1. The Labute approximate surface area is 96.6 Å². The second-order valence-corrected chi connectivity index (χ2v) is 4.47. The van der Waals surface area contributed by atoms with E-state index in [1.54, 1.807) is 33.0 Å². The highest BCUT2D eigenvalue weighted by Gasteiger charge is 2.40. The van der Waals surface area contributed by atoms with Crippen molar-refractivity contribution in [3.8, 4) is 0 Å². The third-order valence-corrected chi connectivity index (χ3v) is 3.13. The quantitative estimate of drug-likeness (QED) is 0.697. The third-order valence-electron chi connectivity index (χ3n) is 3.13. The van der Waals surface area contributed by atoms with Gasteiger partial charge in [0.15, 0.2) is 0 Å². The van der Waals surface area contributed by atoms with Crippen molar-refractivity contribution in [2.45, 2.75) is 31.7 Å². The van der Waals surface area contributed by atoms with Gasteiger partial charge in [-0.3, -0.25) is 4.79 Å². The Balaban J connectivity index is 2.67. The Hall–Kier alpha value is -0.650.